The molecule has 0 radical (unpaired) electrons. The molecule has 0 spiro atoms. The van der Waals surface area contributed by atoms with Crippen LogP contribution in [0.4, 0.5) is 5.13 Å². The van der Waals surface area contributed by atoms with Crippen LogP contribution in [-0.2, 0) is 23.4 Å². The van der Waals surface area contributed by atoms with Crippen LogP contribution >= 0.6 is 34.4 Å². The monoisotopic (exact) mass is 489 g/mol. The Bertz CT molecular complexity index is 1180. The van der Waals surface area contributed by atoms with Crippen molar-refractivity contribution in [1.82, 2.24) is 19.9 Å². The number of carbonyl (C=O) groups excluding carboxylic acids is 1. The maximum atomic E-state index is 12.8. The van der Waals surface area contributed by atoms with E-state index in [2.05, 4.69) is 20.2 Å². The van der Waals surface area contributed by atoms with Crippen LogP contribution in [0.15, 0.2) is 10.2 Å². The average molecular weight is 490 g/mol. The number of thioether (sulfide) groups is 1. The highest BCUT2D eigenvalue weighted by molar-refractivity contribution is 7.99. The zero-order chi connectivity index (χ0) is 22.1. The normalized spacial score (nSPS) is 16.9. The van der Waals surface area contributed by atoms with E-state index in [0.717, 1.165) is 72.9 Å². The number of hydrogen-bond donors (Lipinski definition) is 1. The first-order valence-electron chi connectivity index (χ1n) is 11.1. The van der Waals surface area contributed by atoms with Gasteiger partial charge in [-0.1, -0.05) is 0 Å². The van der Waals surface area contributed by atoms with E-state index >= 15 is 0 Å². The molecule has 2 aliphatic rings. The first-order valence-corrected chi connectivity index (χ1v) is 14.0. The molecular formula is C22H27N5O2S3. The second kappa shape index (κ2) is 9.52. The number of amides is 1. The summed E-state index contributed by atoms with van der Waals surface area (Å²) in [4.78, 5) is 44.1. The molecule has 1 saturated heterocycles. The summed E-state index contributed by atoms with van der Waals surface area (Å²) in [6, 6.07) is 0. The van der Waals surface area contributed by atoms with Gasteiger partial charge in [-0.25, -0.2) is 9.97 Å². The Balaban J connectivity index is 1.17. The minimum absolute atomic E-state index is 0.0265. The Morgan fingerprint density at radius 1 is 1.16 bits per heavy atom. The van der Waals surface area contributed by atoms with E-state index in [1.807, 2.05) is 11.8 Å². The third kappa shape index (κ3) is 4.58. The summed E-state index contributed by atoms with van der Waals surface area (Å²) in [7, 11) is 0. The van der Waals surface area contributed by atoms with Gasteiger partial charge in [0.15, 0.2) is 5.13 Å². The van der Waals surface area contributed by atoms with Gasteiger partial charge < -0.3 is 14.8 Å². The predicted molar refractivity (Wildman–Crippen MR) is 133 cm³/mol. The third-order valence-electron chi connectivity index (χ3n) is 6.06. The number of fused-ring (bicyclic) bond motifs is 3. The van der Waals surface area contributed by atoms with Crippen LogP contribution in [0.3, 0.4) is 0 Å². The predicted octanol–water partition coefficient (Wildman–Crippen LogP) is 3.60. The number of hydrogen-bond acceptors (Lipinski definition) is 8. The van der Waals surface area contributed by atoms with E-state index in [1.165, 1.54) is 28.6 Å². The SMILES string of the molecule is Cc1csc(N2CCCN(C(=O)CSCc3nc4sc5c(c4c(=O)[nH]3)CCCC5)CC2)n1. The van der Waals surface area contributed by atoms with Crippen molar-refractivity contribution >= 4 is 55.7 Å². The molecular weight excluding hydrogens is 462 g/mol. The van der Waals surface area contributed by atoms with Crippen molar-refractivity contribution in [3.8, 4) is 0 Å². The number of thiophene rings is 1. The lowest BCUT2D eigenvalue weighted by Gasteiger charge is -2.21. The molecule has 5 rings (SSSR count). The van der Waals surface area contributed by atoms with E-state index in [4.69, 9.17) is 4.98 Å². The molecule has 3 aromatic rings. The number of nitrogens with zero attached hydrogens (tertiary/aromatic N) is 4. The lowest BCUT2D eigenvalue weighted by Crippen LogP contribution is -2.36. The molecule has 3 aromatic heterocycles. The molecule has 4 heterocycles. The summed E-state index contributed by atoms with van der Waals surface area (Å²) in [6.45, 7) is 5.26. The molecule has 1 aliphatic carbocycles. The number of aromatic amines is 1. The number of H-pyrrole nitrogens is 1. The molecule has 0 saturated carbocycles. The summed E-state index contributed by atoms with van der Waals surface area (Å²) in [6.07, 6.45) is 5.33. The number of aryl methyl sites for hydroxylation is 3. The lowest BCUT2D eigenvalue weighted by molar-refractivity contribution is -0.128. The molecule has 1 N–H and O–H groups in total. The van der Waals surface area contributed by atoms with Crippen molar-refractivity contribution < 1.29 is 4.79 Å². The van der Waals surface area contributed by atoms with Crippen LogP contribution in [0.2, 0.25) is 0 Å². The number of thiazole rings is 1. The molecule has 0 bridgehead atoms. The van der Waals surface area contributed by atoms with Gasteiger partial charge in [-0.05, 0) is 44.6 Å². The van der Waals surface area contributed by atoms with Crippen LogP contribution in [-0.4, -0.2) is 57.7 Å². The Kier molecular flexibility index (Phi) is 6.52. The van der Waals surface area contributed by atoms with E-state index in [1.54, 1.807) is 22.7 Å². The molecule has 1 fully saturated rings. The number of carbonyl (C=O) groups is 1. The van der Waals surface area contributed by atoms with Crippen LogP contribution in [0, 0.1) is 6.92 Å². The highest BCUT2D eigenvalue weighted by Gasteiger charge is 2.22. The van der Waals surface area contributed by atoms with E-state index in [-0.39, 0.29) is 11.5 Å². The number of anilines is 1. The summed E-state index contributed by atoms with van der Waals surface area (Å²) < 4.78 is 0. The number of rotatable bonds is 5. The molecule has 32 heavy (non-hydrogen) atoms. The maximum absolute atomic E-state index is 12.8. The Hall–Kier alpha value is -1.91. The summed E-state index contributed by atoms with van der Waals surface area (Å²) in [5.41, 5.74) is 2.23. The minimum Gasteiger partial charge on any atom is -0.346 e. The van der Waals surface area contributed by atoms with Gasteiger partial charge in [0.25, 0.3) is 5.56 Å². The quantitative estimate of drug-likeness (QED) is 0.590. The van der Waals surface area contributed by atoms with Crippen molar-refractivity contribution in [2.75, 3.05) is 36.8 Å². The minimum atomic E-state index is -0.0265. The topological polar surface area (TPSA) is 82.2 Å². The summed E-state index contributed by atoms with van der Waals surface area (Å²) >= 11 is 4.86. The van der Waals surface area contributed by atoms with Crippen LogP contribution < -0.4 is 10.5 Å². The van der Waals surface area contributed by atoms with Gasteiger partial charge in [-0.2, -0.15) is 0 Å². The van der Waals surface area contributed by atoms with Crippen molar-refractivity contribution in [3.63, 3.8) is 0 Å². The molecule has 1 amide bonds. The highest BCUT2D eigenvalue weighted by Crippen LogP contribution is 2.33. The molecule has 0 atom stereocenters. The molecule has 7 nitrogen and oxygen atoms in total. The standard InChI is InChI=1S/C22H27N5O2S3/c1-14-11-31-22(23-14)27-8-4-7-26(9-10-27)18(28)13-30-12-17-24-20(29)19-15-5-2-3-6-16(15)32-21(19)25-17/h11H,2-10,12-13H2,1H3,(H,24,25,29). The van der Waals surface area contributed by atoms with Gasteiger partial charge >= 0.3 is 0 Å². The van der Waals surface area contributed by atoms with E-state index in [0.29, 0.717) is 17.3 Å². The Labute approximate surface area is 199 Å². The van der Waals surface area contributed by atoms with E-state index in [9.17, 15) is 9.59 Å². The average Bonchev–Trinajstić information content (AvgIpc) is 3.28. The van der Waals surface area contributed by atoms with Crippen molar-refractivity contribution in [2.45, 2.75) is 44.8 Å². The molecule has 1 aliphatic heterocycles. The van der Waals surface area contributed by atoms with E-state index < -0.39 is 0 Å². The molecule has 10 heteroatoms. The second-order valence-electron chi connectivity index (χ2n) is 8.39. The van der Waals surface area contributed by atoms with Gasteiger partial charge in [-0.3, -0.25) is 9.59 Å². The number of aromatic nitrogens is 3. The van der Waals surface area contributed by atoms with Crippen LogP contribution in [0.1, 0.15) is 41.2 Å². The van der Waals surface area contributed by atoms with Gasteiger partial charge in [-0.15, -0.1) is 34.4 Å². The highest BCUT2D eigenvalue weighted by atomic mass is 32.2. The Morgan fingerprint density at radius 2 is 2.03 bits per heavy atom. The van der Waals surface area contributed by atoms with Gasteiger partial charge in [0.05, 0.1) is 22.6 Å². The molecule has 0 aromatic carbocycles. The fourth-order valence-electron chi connectivity index (χ4n) is 4.45. The largest absolute Gasteiger partial charge is 0.346 e. The first-order chi connectivity index (χ1) is 15.6. The molecule has 0 unspecified atom stereocenters. The van der Waals surface area contributed by atoms with Crippen LogP contribution in [0.25, 0.3) is 10.2 Å². The molecule has 170 valence electrons. The third-order valence-corrected chi connectivity index (χ3v) is 9.20. The Morgan fingerprint density at radius 3 is 2.88 bits per heavy atom. The fourth-order valence-corrected chi connectivity index (χ4v) is 7.38. The maximum Gasteiger partial charge on any atom is 0.259 e. The van der Waals surface area contributed by atoms with Gasteiger partial charge in [0.2, 0.25) is 5.91 Å². The van der Waals surface area contributed by atoms with Gasteiger partial charge in [0, 0.05) is 36.4 Å². The summed E-state index contributed by atoms with van der Waals surface area (Å²) in [5, 5.41) is 3.91. The smallest absolute Gasteiger partial charge is 0.259 e. The van der Waals surface area contributed by atoms with Gasteiger partial charge in [0.1, 0.15) is 10.7 Å². The van der Waals surface area contributed by atoms with Crippen LogP contribution in [0.5, 0.6) is 0 Å². The first kappa shape index (κ1) is 21.9. The zero-order valence-electron chi connectivity index (χ0n) is 18.2. The van der Waals surface area contributed by atoms with Crippen molar-refractivity contribution in [2.24, 2.45) is 0 Å². The second-order valence-corrected chi connectivity index (χ2v) is 11.3. The fraction of sp³-hybridized carbons (Fsp3) is 0.545. The number of nitrogens with one attached hydrogen (secondary N) is 1. The van der Waals surface area contributed by atoms with Crippen molar-refractivity contribution in [3.05, 3.63) is 37.7 Å². The van der Waals surface area contributed by atoms with Crippen molar-refractivity contribution in [1.29, 1.82) is 0 Å². The summed E-state index contributed by atoms with van der Waals surface area (Å²) in [5.74, 6) is 1.76. The lowest BCUT2D eigenvalue weighted by atomic mass is 9.97. The zero-order valence-corrected chi connectivity index (χ0v) is 20.6.